The summed E-state index contributed by atoms with van der Waals surface area (Å²) in [6.07, 6.45) is 4.84. The van der Waals surface area contributed by atoms with Crippen LogP contribution in [0, 0.1) is 0 Å². The van der Waals surface area contributed by atoms with Crippen LogP contribution in [0.2, 0.25) is 0 Å². The molecule has 178 valence electrons. The molecule has 2 aliphatic rings. The van der Waals surface area contributed by atoms with E-state index in [4.69, 9.17) is 11.6 Å². The van der Waals surface area contributed by atoms with Gasteiger partial charge >= 0.3 is 0 Å². The van der Waals surface area contributed by atoms with Crippen LogP contribution in [0.1, 0.15) is 73.4 Å². The molecule has 0 saturated heterocycles. The van der Waals surface area contributed by atoms with Crippen molar-refractivity contribution < 1.29 is 14.4 Å². The Hall–Kier alpha value is -3.12. The molecule has 0 spiro atoms. The SMILES string of the molecule is CC(C)c1ccc(NC(=O)c2ccc(CNC3=C(Cl)C(=O)N(C4CCCCC4)C3=O)cc2)cc1. The predicted molar refractivity (Wildman–Crippen MR) is 133 cm³/mol. The largest absolute Gasteiger partial charge is 0.375 e. The maximum atomic E-state index is 12.9. The van der Waals surface area contributed by atoms with Gasteiger partial charge in [-0.15, -0.1) is 0 Å². The summed E-state index contributed by atoms with van der Waals surface area (Å²) in [6, 6.07) is 14.9. The number of carbonyl (C=O) groups is 3. The molecular formula is C27H30ClN3O3. The van der Waals surface area contributed by atoms with E-state index in [2.05, 4.69) is 24.5 Å². The Balaban J connectivity index is 1.35. The Morgan fingerprint density at radius 1 is 0.971 bits per heavy atom. The minimum Gasteiger partial charge on any atom is -0.375 e. The van der Waals surface area contributed by atoms with Crippen LogP contribution in [0.5, 0.6) is 0 Å². The summed E-state index contributed by atoms with van der Waals surface area (Å²) in [7, 11) is 0. The fourth-order valence-corrected chi connectivity index (χ4v) is 4.70. The lowest BCUT2D eigenvalue weighted by atomic mass is 9.94. The molecule has 2 aromatic rings. The number of halogens is 1. The normalized spacial score (nSPS) is 17.0. The summed E-state index contributed by atoms with van der Waals surface area (Å²) in [4.78, 5) is 39.4. The zero-order valence-electron chi connectivity index (χ0n) is 19.6. The van der Waals surface area contributed by atoms with E-state index in [9.17, 15) is 14.4 Å². The van der Waals surface area contributed by atoms with Crippen LogP contribution in [-0.2, 0) is 16.1 Å². The predicted octanol–water partition coefficient (Wildman–Crippen LogP) is 5.30. The van der Waals surface area contributed by atoms with Crippen LogP contribution < -0.4 is 10.6 Å². The highest BCUT2D eigenvalue weighted by atomic mass is 35.5. The molecule has 1 aliphatic carbocycles. The number of hydrogen-bond acceptors (Lipinski definition) is 4. The van der Waals surface area contributed by atoms with Gasteiger partial charge in [-0.3, -0.25) is 19.3 Å². The molecule has 1 saturated carbocycles. The molecule has 0 bridgehead atoms. The summed E-state index contributed by atoms with van der Waals surface area (Å²) in [5.74, 6) is -0.511. The first kappa shape index (κ1) is 24.0. The molecule has 7 heteroatoms. The van der Waals surface area contributed by atoms with Crippen molar-refractivity contribution in [1.82, 2.24) is 10.2 Å². The quantitative estimate of drug-likeness (QED) is 0.528. The van der Waals surface area contributed by atoms with Gasteiger partial charge < -0.3 is 10.6 Å². The number of imide groups is 1. The number of hydrogen-bond donors (Lipinski definition) is 2. The molecule has 6 nitrogen and oxygen atoms in total. The summed E-state index contributed by atoms with van der Waals surface area (Å²) in [6.45, 7) is 4.57. The van der Waals surface area contributed by atoms with E-state index in [0.717, 1.165) is 43.4 Å². The van der Waals surface area contributed by atoms with Gasteiger partial charge in [0.25, 0.3) is 17.7 Å². The van der Waals surface area contributed by atoms with Crippen LogP contribution in [-0.4, -0.2) is 28.7 Å². The first-order valence-electron chi connectivity index (χ1n) is 11.9. The molecule has 0 aromatic heterocycles. The second-order valence-corrected chi connectivity index (χ2v) is 9.62. The van der Waals surface area contributed by atoms with Crippen molar-refractivity contribution >= 4 is 35.0 Å². The van der Waals surface area contributed by atoms with E-state index >= 15 is 0 Å². The number of anilines is 1. The standard InChI is InChI=1S/C27H30ClN3O3/c1-17(2)19-12-14-21(15-13-19)30-25(32)20-10-8-18(9-11-20)16-29-24-23(28)26(33)31(27(24)34)22-6-4-3-5-7-22/h8-15,17,22,29H,3-7,16H2,1-2H3,(H,30,32). The Kier molecular flexibility index (Phi) is 7.37. The first-order chi connectivity index (χ1) is 16.3. The average Bonchev–Trinajstić information content (AvgIpc) is 3.06. The van der Waals surface area contributed by atoms with Gasteiger partial charge in [0.1, 0.15) is 10.7 Å². The van der Waals surface area contributed by atoms with Gasteiger partial charge in [-0.2, -0.15) is 0 Å². The highest BCUT2D eigenvalue weighted by molar-refractivity contribution is 6.47. The molecule has 0 unspecified atom stereocenters. The smallest absolute Gasteiger partial charge is 0.278 e. The van der Waals surface area contributed by atoms with Crippen LogP contribution in [0.4, 0.5) is 5.69 Å². The molecule has 1 aliphatic heterocycles. The lowest BCUT2D eigenvalue weighted by molar-refractivity contribution is -0.140. The van der Waals surface area contributed by atoms with E-state index in [1.807, 2.05) is 36.4 Å². The molecular weight excluding hydrogens is 450 g/mol. The molecule has 34 heavy (non-hydrogen) atoms. The number of benzene rings is 2. The van der Waals surface area contributed by atoms with Crippen molar-refractivity contribution in [3.8, 4) is 0 Å². The Morgan fingerprint density at radius 3 is 2.24 bits per heavy atom. The third-order valence-electron chi connectivity index (χ3n) is 6.52. The fourth-order valence-electron chi connectivity index (χ4n) is 4.46. The summed E-state index contributed by atoms with van der Waals surface area (Å²) in [5.41, 5.74) is 3.52. The third kappa shape index (κ3) is 5.17. The first-order valence-corrected chi connectivity index (χ1v) is 12.2. The van der Waals surface area contributed by atoms with Crippen LogP contribution in [0.25, 0.3) is 0 Å². The van der Waals surface area contributed by atoms with E-state index in [-0.39, 0.29) is 28.6 Å². The monoisotopic (exact) mass is 479 g/mol. The van der Waals surface area contributed by atoms with Crippen molar-refractivity contribution in [3.05, 3.63) is 76.0 Å². The van der Waals surface area contributed by atoms with Crippen molar-refractivity contribution in [2.75, 3.05) is 5.32 Å². The Labute approximate surface area is 205 Å². The van der Waals surface area contributed by atoms with Crippen molar-refractivity contribution in [3.63, 3.8) is 0 Å². The van der Waals surface area contributed by atoms with Crippen molar-refractivity contribution in [2.24, 2.45) is 0 Å². The van der Waals surface area contributed by atoms with Gasteiger partial charge in [0.2, 0.25) is 0 Å². The lowest BCUT2D eigenvalue weighted by Gasteiger charge is -2.29. The van der Waals surface area contributed by atoms with Crippen LogP contribution >= 0.6 is 11.6 Å². The van der Waals surface area contributed by atoms with Gasteiger partial charge in [0.05, 0.1) is 0 Å². The van der Waals surface area contributed by atoms with E-state index in [1.165, 1.54) is 10.5 Å². The Bertz CT molecular complexity index is 1100. The average molecular weight is 480 g/mol. The number of nitrogens with one attached hydrogen (secondary N) is 2. The van der Waals surface area contributed by atoms with Crippen molar-refractivity contribution in [2.45, 2.75) is 64.5 Å². The van der Waals surface area contributed by atoms with Crippen molar-refractivity contribution in [1.29, 1.82) is 0 Å². The molecule has 3 amide bonds. The maximum Gasteiger partial charge on any atom is 0.278 e. The van der Waals surface area contributed by atoms with Gasteiger partial charge in [-0.1, -0.05) is 69.0 Å². The summed E-state index contributed by atoms with van der Waals surface area (Å²) < 4.78 is 0. The van der Waals surface area contributed by atoms with E-state index in [0.29, 0.717) is 18.0 Å². The zero-order valence-corrected chi connectivity index (χ0v) is 20.3. The molecule has 2 aromatic carbocycles. The molecule has 1 fully saturated rings. The summed E-state index contributed by atoms with van der Waals surface area (Å²) in [5, 5.41) is 5.89. The van der Waals surface area contributed by atoms with Crippen LogP contribution in [0.15, 0.2) is 59.3 Å². The minimum atomic E-state index is -0.408. The molecule has 0 radical (unpaired) electrons. The van der Waals surface area contributed by atoms with Gasteiger partial charge in [0, 0.05) is 23.8 Å². The number of rotatable bonds is 7. The topological polar surface area (TPSA) is 78.5 Å². The molecule has 2 N–H and O–H groups in total. The summed E-state index contributed by atoms with van der Waals surface area (Å²) >= 11 is 6.23. The number of carbonyl (C=O) groups excluding carboxylic acids is 3. The molecule has 4 rings (SSSR count). The van der Waals surface area contributed by atoms with Crippen LogP contribution in [0.3, 0.4) is 0 Å². The molecule has 0 atom stereocenters. The highest BCUT2D eigenvalue weighted by Gasteiger charge is 2.41. The maximum absolute atomic E-state index is 12.9. The third-order valence-corrected chi connectivity index (χ3v) is 6.87. The number of nitrogens with zero attached hydrogens (tertiary/aromatic N) is 1. The lowest BCUT2D eigenvalue weighted by Crippen LogP contribution is -2.43. The second kappa shape index (κ2) is 10.4. The van der Waals surface area contributed by atoms with Gasteiger partial charge in [-0.25, -0.2) is 0 Å². The molecule has 1 heterocycles. The Morgan fingerprint density at radius 2 is 1.62 bits per heavy atom. The van der Waals surface area contributed by atoms with Gasteiger partial charge in [-0.05, 0) is 54.2 Å². The fraction of sp³-hybridized carbons (Fsp3) is 0.370. The van der Waals surface area contributed by atoms with E-state index in [1.54, 1.807) is 12.1 Å². The minimum absolute atomic E-state index is 0.0462. The van der Waals surface area contributed by atoms with Gasteiger partial charge in [0.15, 0.2) is 0 Å². The highest BCUT2D eigenvalue weighted by Crippen LogP contribution is 2.30. The van der Waals surface area contributed by atoms with E-state index < -0.39 is 5.91 Å². The number of amides is 3. The second-order valence-electron chi connectivity index (χ2n) is 9.24. The zero-order chi connectivity index (χ0) is 24.2.